The van der Waals surface area contributed by atoms with Crippen molar-refractivity contribution in [1.82, 2.24) is 5.43 Å². The zero-order valence-corrected chi connectivity index (χ0v) is 22.0. The average molecular weight is 545 g/mol. The summed E-state index contributed by atoms with van der Waals surface area (Å²) in [6.07, 6.45) is 1.45. The highest BCUT2D eigenvalue weighted by Crippen LogP contribution is 2.28. The van der Waals surface area contributed by atoms with Gasteiger partial charge in [-0.2, -0.15) is 5.10 Å². The number of nitrogens with zero attached hydrogens (tertiary/aromatic N) is 1. The number of carbonyl (C=O) groups excluding carboxylic acids is 2. The molecular formula is C30H25ClN2O6. The summed E-state index contributed by atoms with van der Waals surface area (Å²) in [6.45, 7) is 0.278. The summed E-state index contributed by atoms with van der Waals surface area (Å²) in [5.41, 5.74) is 4.74. The number of nitrogens with one attached hydrogen (secondary N) is 1. The van der Waals surface area contributed by atoms with Crippen molar-refractivity contribution in [2.24, 2.45) is 5.10 Å². The van der Waals surface area contributed by atoms with Gasteiger partial charge in [0, 0.05) is 5.02 Å². The van der Waals surface area contributed by atoms with Crippen LogP contribution < -0.4 is 24.4 Å². The number of hydrogen-bond acceptors (Lipinski definition) is 7. The molecule has 4 aromatic carbocycles. The Morgan fingerprint density at radius 2 is 1.59 bits per heavy atom. The fraction of sp³-hybridized carbons (Fsp3) is 0.100. The van der Waals surface area contributed by atoms with Crippen molar-refractivity contribution in [1.29, 1.82) is 0 Å². The molecule has 1 N–H and O–H groups in total. The summed E-state index contributed by atoms with van der Waals surface area (Å²) < 4.78 is 21.8. The molecule has 0 unspecified atom stereocenters. The Morgan fingerprint density at radius 1 is 0.846 bits per heavy atom. The number of esters is 1. The maximum Gasteiger partial charge on any atom is 0.343 e. The van der Waals surface area contributed by atoms with Gasteiger partial charge in [-0.15, -0.1) is 0 Å². The van der Waals surface area contributed by atoms with E-state index in [2.05, 4.69) is 10.5 Å². The molecule has 4 aromatic rings. The first kappa shape index (κ1) is 27.2. The molecule has 0 fully saturated rings. The fourth-order valence-corrected chi connectivity index (χ4v) is 3.61. The molecule has 0 aliphatic heterocycles. The topological polar surface area (TPSA) is 95.5 Å². The zero-order chi connectivity index (χ0) is 27.6. The molecule has 0 heterocycles. The standard InChI is InChI=1S/C30H25ClN2O6/c1-36-24-14-10-22(11-15-24)30(35)39-27-16-9-21(17-28(27)37-2)18-32-33-29(34)25-5-3-4-6-26(25)38-19-20-7-12-23(31)13-8-20/h3-18H,19H2,1-2H3,(H,33,34)/b32-18+. The van der Waals surface area contributed by atoms with E-state index in [0.29, 0.717) is 39.0 Å². The third-order valence-electron chi connectivity index (χ3n) is 5.54. The van der Waals surface area contributed by atoms with Crippen molar-refractivity contribution in [3.05, 3.63) is 118 Å². The van der Waals surface area contributed by atoms with Gasteiger partial charge >= 0.3 is 5.97 Å². The number of para-hydroxylation sites is 1. The van der Waals surface area contributed by atoms with Gasteiger partial charge in [0.25, 0.3) is 5.91 Å². The van der Waals surface area contributed by atoms with Gasteiger partial charge in [0.15, 0.2) is 11.5 Å². The molecule has 0 saturated carbocycles. The van der Waals surface area contributed by atoms with E-state index in [4.69, 9.17) is 30.5 Å². The summed E-state index contributed by atoms with van der Waals surface area (Å²) in [7, 11) is 3.01. The maximum atomic E-state index is 12.8. The predicted molar refractivity (Wildman–Crippen MR) is 148 cm³/mol. The molecule has 0 aliphatic rings. The third kappa shape index (κ3) is 7.37. The highest BCUT2D eigenvalue weighted by Gasteiger charge is 2.14. The Kier molecular flexibility index (Phi) is 9.16. The molecule has 4 rings (SSSR count). The van der Waals surface area contributed by atoms with Crippen LogP contribution in [0.2, 0.25) is 5.02 Å². The SMILES string of the molecule is COc1ccc(C(=O)Oc2ccc(/C=N/NC(=O)c3ccccc3OCc3ccc(Cl)cc3)cc2OC)cc1. The van der Waals surface area contributed by atoms with Crippen molar-refractivity contribution in [2.75, 3.05) is 14.2 Å². The van der Waals surface area contributed by atoms with Crippen LogP contribution in [0.1, 0.15) is 31.8 Å². The zero-order valence-electron chi connectivity index (χ0n) is 21.2. The predicted octanol–water partition coefficient (Wildman–Crippen LogP) is 5.92. The van der Waals surface area contributed by atoms with E-state index >= 15 is 0 Å². The molecule has 0 saturated heterocycles. The molecule has 8 nitrogen and oxygen atoms in total. The highest BCUT2D eigenvalue weighted by atomic mass is 35.5. The summed E-state index contributed by atoms with van der Waals surface area (Å²) in [6, 6.07) is 25.6. The molecule has 1 amide bonds. The first-order chi connectivity index (χ1) is 19.0. The smallest absolute Gasteiger partial charge is 0.343 e. The highest BCUT2D eigenvalue weighted by molar-refractivity contribution is 6.30. The summed E-state index contributed by atoms with van der Waals surface area (Å²) in [5.74, 6) is 0.648. The van der Waals surface area contributed by atoms with Gasteiger partial charge < -0.3 is 18.9 Å². The number of amides is 1. The Hall–Kier alpha value is -4.82. The van der Waals surface area contributed by atoms with Gasteiger partial charge in [0.1, 0.15) is 18.1 Å². The molecule has 39 heavy (non-hydrogen) atoms. The van der Waals surface area contributed by atoms with Gasteiger partial charge in [-0.1, -0.05) is 35.9 Å². The Labute approximate surface area is 230 Å². The van der Waals surface area contributed by atoms with Gasteiger partial charge in [0.05, 0.1) is 31.6 Å². The van der Waals surface area contributed by atoms with Crippen LogP contribution >= 0.6 is 11.6 Å². The van der Waals surface area contributed by atoms with Crippen molar-refractivity contribution in [3.63, 3.8) is 0 Å². The Balaban J connectivity index is 1.38. The second kappa shape index (κ2) is 13.1. The second-order valence-corrected chi connectivity index (χ2v) is 8.58. The largest absolute Gasteiger partial charge is 0.497 e. The van der Waals surface area contributed by atoms with Crippen LogP contribution in [0.5, 0.6) is 23.0 Å². The number of hydrazone groups is 1. The van der Waals surface area contributed by atoms with Crippen LogP contribution in [-0.2, 0) is 6.61 Å². The van der Waals surface area contributed by atoms with E-state index in [1.54, 1.807) is 86.0 Å². The Bertz CT molecular complexity index is 1470. The van der Waals surface area contributed by atoms with Crippen molar-refractivity contribution in [2.45, 2.75) is 6.61 Å². The number of hydrogen-bond donors (Lipinski definition) is 1. The lowest BCUT2D eigenvalue weighted by Crippen LogP contribution is -2.18. The van der Waals surface area contributed by atoms with E-state index in [9.17, 15) is 9.59 Å². The van der Waals surface area contributed by atoms with Gasteiger partial charge in [-0.3, -0.25) is 4.79 Å². The maximum absolute atomic E-state index is 12.8. The van der Waals surface area contributed by atoms with Gasteiger partial charge in [0.2, 0.25) is 0 Å². The van der Waals surface area contributed by atoms with Gasteiger partial charge in [-0.25, -0.2) is 10.2 Å². The summed E-state index contributed by atoms with van der Waals surface area (Å²) in [4.78, 5) is 25.3. The molecule has 9 heteroatoms. The molecule has 0 bridgehead atoms. The lowest BCUT2D eigenvalue weighted by atomic mass is 10.2. The fourth-order valence-electron chi connectivity index (χ4n) is 3.48. The number of rotatable bonds is 10. The minimum atomic E-state index is -0.540. The molecule has 0 atom stereocenters. The van der Waals surface area contributed by atoms with Crippen molar-refractivity contribution >= 4 is 29.7 Å². The van der Waals surface area contributed by atoms with Crippen LogP contribution in [0.3, 0.4) is 0 Å². The van der Waals surface area contributed by atoms with Crippen molar-refractivity contribution in [3.8, 4) is 23.0 Å². The molecular weight excluding hydrogens is 520 g/mol. The number of ether oxygens (including phenoxy) is 4. The number of benzene rings is 4. The monoisotopic (exact) mass is 544 g/mol. The van der Waals surface area contributed by atoms with E-state index in [0.717, 1.165) is 5.56 Å². The van der Waals surface area contributed by atoms with Crippen LogP contribution in [-0.4, -0.2) is 32.3 Å². The molecule has 0 aromatic heterocycles. The summed E-state index contributed by atoms with van der Waals surface area (Å²) >= 11 is 5.93. The second-order valence-electron chi connectivity index (χ2n) is 8.14. The van der Waals surface area contributed by atoms with E-state index in [1.807, 2.05) is 12.1 Å². The normalized spacial score (nSPS) is 10.6. The summed E-state index contributed by atoms with van der Waals surface area (Å²) in [5, 5.41) is 4.68. The van der Waals surface area contributed by atoms with Gasteiger partial charge in [-0.05, 0) is 77.9 Å². The lowest BCUT2D eigenvalue weighted by Gasteiger charge is -2.11. The molecule has 198 valence electrons. The molecule has 0 radical (unpaired) electrons. The van der Waals surface area contributed by atoms with Crippen LogP contribution in [0.25, 0.3) is 0 Å². The Morgan fingerprint density at radius 3 is 2.31 bits per heavy atom. The molecule has 0 spiro atoms. The molecule has 0 aliphatic carbocycles. The number of methoxy groups -OCH3 is 2. The van der Waals surface area contributed by atoms with Crippen LogP contribution in [0.15, 0.2) is 96.1 Å². The van der Waals surface area contributed by atoms with Crippen LogP contribution in [0, 0.1) is 0 Å². The first-order valence-corrected chi connectivity index (χ1v) is 12.2. The lowest BCUT2D eigenvalue weighted by molar-refractivity contribution is 0.0729. The minimum Gasteiger partial charge on any atom is -0.497 e. The number of carbonyl (C=O) groups is 2. The van der Waals surface area contributed by atoms with Crippen LogP contribution in [0.4, 0.5) is 0 Å². The number of halogens is 1. The quantitative estimate of drug-likeness (QED) is 0.115. The van der Waals surface area contributed by atoms with E-state index in [-0.39, 0.29) is 12.4 Å². The van der Waals surface area contributed by atoms with Crippen molar-refractivity contribution < 1.29 is 28.5 Å². The average Bonchev–Trinajstić information content (AvgIpc) is 2.97. The minimum absolute atomic E-state index is 0.242. The van der Waals surface area contributed by atoms with E-state index in [1.165, 1.54) is 13.3 Å². The third-order valence-corrected chi connectivity index (χ3v) is 5.79. The first-order valence-electron chi connectivity index (χ1n) is 11.8. The van der Waals surface area contributed by atoms with E-state index < -0.39 is 11.9 Å².